The molecule has 0 bridgehead atoms. The minimum absolute atomic E-state index is 1.14. The van der Waals surface area contributed by atoms with Gasteiger partial charge in [0.1, 0.15) is 15.7 Å². The molecule has 0 saturated heterocycles. The summed E-state index contributed by atoms with van der Waals surface area (Å²) in [6.07, 6.45) is 6.97. The normalized spacial score (nSPS) is 12.8. The van der Waals surface area contributed by atoms with Gasteiger partial charge in [-0.05, 0) is 96.9 Å². The van der Waals surface area contributed by atoms with E-state index in [0.717, 1.165) is 12.8 Å². The molecule has 0 unspecified atom stereocenters. The van der Waals surface area contributed by atoms with E-state index >= 15 is 0 Å². The van der Waals surface area contributed by atoms with Gasteiger partial charge in [-0.1, -0.05) is 49.7 Å². The standard InChI is InChI=1S/C24H34B2/c1-7-15-16(8-2)18(10-4)20-12-22-21(11-19(20)17(15)9-3)23(25)13(5)14(6)24(22)26/h7-12,25-26H2,1-6H3. The number of benzene rings is 2. The van der Waals surface area contributed by atoms with Gasteiger partial charge in [0, 0.05) is 0 Å². The quantitative estimate of drug-likeness (QED) is 0.639. The molecule has 2 aromatic rings. The Hall–Kier alpha value is -1.43. The molecule has 2 aromatic carbocycles. The fourth-order valence-electron chi connectivity index (χ4n) is 5.53. The minimum Gasteiger partial charge on any atom is -0.0821 e. The van der Waals surface area contributed by atoms with Crippen LogP contribution in [-0.2, 0) is 38.5 Å². The van der Waals surface area contributed by atoms with Crippen LogP contribution in [0, 0.1) is 13.8 Å². The summed E-state index contributed by atoms with van der Waals surface area (Å²) in [7, 11) is 4.69. The van der Waals surface area contributed by atoms with E-state index < -0.39 is 0 Å². The molecule has 0 heterocycles. The zero-order chi connectivity index (χ0) is 19.2. The molecule has 26 heavy (non-hydrogen) atoms. The van der Waals surface area contributed by atoms with E-state index in [4.69, 9.17) is 0 Å². The molecule has 0 aliphatic heterocycles. The van der Waals surface area contributed by atoms with Crippen molar-refractivity contribution in [2.24, 2.45) is 0 Å². The van der Waals surface area contributed by atoms with Crippen LogP contribution in [0.5, 0.6) is 0 Å². The number of hydrogen-bond donors (Lipinski definition) is 0. The first kappa shape index (κ1) is 19.3. The molecule has 0 N–H and O–H groups in total. The van der Waals surface area contributed by atoms with E-state index in [9.17, 15) is 0 Å². The summed E-state index contributed by atoms with van der Waals surface area (Å²) in [6, 6.07) is 0. The molecule has 0 amide bonds. The summed E-state index contributed by atoms with van der Waals surface area (Å²) in [6.45, 7) is 14.0. The molecule has 0 fully saturated rings. The summed E-state index contributed by atoms with van der Waals surface area (Å²) in [5, 5.41) is 0. The lowest BCUT2D eigenvalue weighted by Crippen LogP contribution is -2.32. The zero-order valence-corrected chi connectivity index (χ0v) is 18.2. The van der Waals surface area contributed by atoms with Crippen LogP contribution in [0.4, 0.5) is 0 Å². The van der Waals surface area contributed by atoms with Crippen molar-refractivity contribution in [2.45, 2.75) is 80.1 Å². The smallest absolute Gasteiger partial charge is 0.0821 e. The van der Waals surface area contributed by atoms with Crippen LogP contribution in [0.15, 0.2) is 0 Å². The number of fused-ring (bicyclic) bond motifs is 2. The zero-order valence-electron chi connectivity index (χ0n) is 18.2. The monoisotopic (exact) mass is 344 g/mol. The van der Waals surface area contributed by atoms with Gasteiger partial charge >= 0.3 is 0 Å². The van der Waals surface area contributed by atoms with Gasteiger partial charge in [0.25, 0.3) is 0 Å². The molecule has 3 rings (SSSR count). The van der Waals surface area contributed by atoms with Crippen LogP contribution in [0.3, 0.4) is 0 Å². The van der Waals surface area contributed by atoms with Crippen molar-refractivity contribution < 1.29 is 0 Å². The van der Waals surface area contributed by atoms with Gasteiger partial charge in [0.05, 0.1) is 0 Å². The summed E-state index contributed by atoms with van der Waals surface area (Å²) in [5.74, 6) is 0. The van der Waals surface area contributed by atoms with Gasteiger partial charge in [0.2, 0.25) is 0 Å². The highest BCUT2D eigenvalue weighted by Crippen LogP contribution is 2.37. The Kier molecular flexibility index (Phi) is 5.42. The Morgan fingerprint density at radius 1 is 0.538 bits per heavy atom. The maximum Gasteiger partial charge on any atom is 0.140 e. The van der Waals surface area contributed by atoms with E-state index in [1.165, 1.54) is 47.7 Å². The first-order valence-corrected chi connectivity index (χ1v) is 10.7. The van der Waals surface area contributed by atoms with E-state index in [1.54, 1.807) is 44.5 Å². The van der Waals surface area contributed by atoms with Crippen molar-refractivity contribution in [3.05, 3.63) is 55.6 Å². The number of rotatable bonds is 4. The summed E-state index contributed by atoms with van der Waals surface area (Å²) in [5.41, 5.74) is 19.3. The molecule has 0 nitrogen and oxygen atoms in total. The second kappa shape index (κ2) is 7.29. The van der Waals surface area contributed by atoms with E-state index in [2.05, 4.69) is 57.2 Å². The molecule has 2 heteroatoms. The fraction of sp³-hybridized carbons (Fsp3) is 0.500. The van der Waals surface area contributed by atoms with Gasteiger partial charge in [-0.2, -0.15) is 0 Å². The number of hydrogen-bond acceptors (Lipinski definition) is 0. The maximum absolute atomic E-state index is 2.36. The molecule has 0 atom stereocenters. The summed E-state index contributed by atoms with van der Waals surface area (Å²) < 4.78 is 0. The van der Waals surface area contributed by atoms with Crippen LogP contribution in [-0.4, -0.2) is 15.7 Å². The average Bonchev–Trinajstić information content (AvgIpc) is 2.67. The predicted octanol–water partition coefficient (Wildman–Crippen LogP) is 2.56. The Balaban J connectivity index is 2.36. The second-order valence-electron chi connectivity index (χ2n) is 8.10. The Bertz CT molecular complexity index is 803. The first-order chi connectivity index (χ1) is 12.4. The van der Waals surface area contributed by atoms with Crippen molar-refractivity contribution in [2.75, 3.05) is 0 Å². The fourth-order valence-corrected chi connectivity index (χ4v) is 5.53. The SMILES string of the molecule is Bc1c(C)c(C)c(B)c2c1Cc1c(CC)c(CC)c(CC)c(CC)c1C2. The Labute approximate surface area is 162 Å². The van der Waals surface area contributed by atoms with Gasteiger partial charge in [-0.3, -0.25) is 0 Å². The molecule has 0 saturated carbocycles. The van der Waals surface area contributed by atoms with Gasteiger partial charge in [0.15, 0.2) is 0 Å². The molecular weight excluding hydrogens is 310 g/mol. The van der Waals surface area contributed by atoms with Crippen LogP contribution in [0.2, 0.25) is 0 Å². The van der Waals surface area contributed by atoms with Crippen molar-refractivity contribution in [3.8, 4) is 0 Å². The van der Waals surface area contributed by atoms with Gasteiger partial charge < -0.3 is 0 Å². The van der Waals surface area contributed by atoms with Gasteiger partial charge in [-0.15, -0.1) is 0 Å². The third kappa shape index (κ3) is 2.68. The maximum atomic E-state index is 2.36. The van der Waals surface area contributed by atoms with Crippen molar-refractivity contribution in [3.63, 3.8) is 0 Å². The average molecular weight is 344 g/mol. The van der Waals surface area contributed by atoms with Crippen LogP contribution < -0.4 is 10.9 Å². The Morgan fingerprint density at radius 3 is 1.12 bits per heavy atom. The lowest BCUT2D eigenvalue weighted by Gasteiger charge is -2.32. The highest BCUT2D eigenvalue weighted by molar-refractivity contribution is 6.39. The predicted molar refractivity (Wildman–Crippen MR) is 122 cm³/mol. The minimum atomic E-state index is 1.14. The lowest BCUT2D eigenvalue weighted by atomic mass is 9.67. The van der Waals surface area contributed by atoms with Crippen molar-refractivity contribution >= 4 is 26.6 Å². The highest BCUT2D eigenvalue weighted by atomic mass is 14.3. The van der Waals surface area contributed by atoms with E-state index in [1.807, 2.05) is 0 Å². The molecular formula is C24H34B2. The third-order valence-electron chi connectivity index (χ3n) is 7.26. The molecule has 1 aliphatic carbocycles. The van der Waals surface area contributed by atoms with Crippen molar-refractivity contribution in [1.82, 2.24) is 0 Å². The van der Waals surface area contributed by atoms with Crippen LogP contribution in [0.1, 0.15) is 83.3 Å². The van der Waals surface area contributed by atoms with Gasteiger partial charge in [-0.25, -0.2) is 0 Å². The first-order valence-electron chi connectivity index (χ1n) is 10.7. The molecule has 0 radical (unpaired) electrons. The van der Waals surface area contributed by atoms with E-state index in [0.29, 0.717) is 0 Å². The highest BCUT2D eigenvalue weighted by Gasteiger charge is 2.27. The largest absolute Gasteiger partial charge is 0.140 e. The molecule has 136 valence electrons. The summed E-state index contributed by atoms with van der Waals surface area (Å²) >= 11 is 0. The van der Waals surface area contributed by atoms with Crippen LogP contribution >= 0.6 is 0 Å². The lowest BCUT2D eigenvalue weighted by molar-refractivity contribution is 0.871. The van der Waals surface area contributed by atoms with Crippen molar-refractivity contribution in [1.29, 1.82) is 0 Å². The topological polar surface area (TPSA) is 0 Å². The Morgan fingerprint density at radius 2 is 0.846 bits per heavy atom. The molecule has 0 aromatic heterocycles. The molecule has 1 aliphatic rings. The second-order valence-corrected chi connectivity index (χ2v) is 8.10. The summed E-state index contributed by atoms with van der Waals surface area (Å²) in [4.78, 5) is 0. The van der Waals surface area contributed by atoms with E-state index in [-0.39, 0.29) is 0 Å². The van der Waals surface area contributed by atoms with Crippen LogP contribution in [0.25, 0.3) is 0 Å². The molecule has 0 spiro atoms. The third-order valence-corrected chi connectivity index (χ3v) is 7.26.